The van der Waals surface area contributed by atoms with Crippen LogP contribution in [0.2, 0.25) is 0 Å². The molecule has 0 fully saturated rings. The number of phenols is 1. The van der Waals surface area contributed by atoms with Crippen LogP contribution in [0, 0.1) is 0 Å². The Morgan fingerprint density at radius 3 is 2.85 bits per heavy atom. The van der Waals surface area contributed by atoms with Crippen molar-refractivity contribution in [1.82, 2.24) is 20.2 Å². The van der Waals surface area contributed by atoms with E-state index < -0.39 is 5.91 Å². The summed E-state index contributed by atoms with van der Waals surface area (Å²) in [6.45, 7) is 1.74. The largest absolute Gasteiger partial charge is 0.504 e. The molecule has 0 spiro atoms. The van der Waals surface area contributed by atoms with Gasteiger partial charge in [-0.1, -0.05) is 0 Å². The summed E-state index contributed by atoms with van der Waals surface area (Å²) in [6.07, 6.45) is 1.91. The number of hydrazone groups is 1. The Bertz CT molecular complexity index is 971. The summed E-state index contributed by atoms with van der Waals surface area (Å²) < 4.78 is 6.99. The van der Waals surface area contributed by atoms with Gasteiger partial charge in [0, 0.05) is 18.8 Å². The number of H-pyrrole nitrogens is 1. The number of hydrogen-bond acceptors (Lipinski definition) is 5. The first-order valence-electron chi connectivity index (χ1n) is 7.88. The maximum absolute atomic E-state index is 12.3. The average molecular weight is 353 g/mol. The molecule has 1 aromatic carbocycles. The van der Waals surface area contributed by atoms with Crippen molar-refractivity contribution in [1.29, 1.82) is 0 Å². The summed E-state index contributed by atoms with van der Waals surface area (Å²) in [4.78, 5) is 12.3. The van der Waals surface area contributed by atoms with E-state index in [0.717, 1.165) is 5.69 Å². The Labute approximate surface area is 150 Å². The smallest absolute Gasteiger partial charge is 0.289 e. The number of methoxy groups -OCH3 is 1. The number of aromatic hydroxyl groups is 1. The highest BCUT2D eigenvalue weighted by Gasteiger charge is 2.12. The van der Waals surface area contributed by atoms with E-state index in [1.165, 1.54) is 13.2 Å². The zero-order chi connectivity index (χ0) is 18.7. The van der Waals surface area contributed by atoms with Crippen LogP contribution in [0.1, 0.15) is 23.0 Å². The lowest BCUT2D eigenvalue weighted by atomic mass is 10.1. The van der Waals surface area contributed by atoms with Crippen LogP contribution in [-0.2, 0) is 7.05 Å². The fourth-order valence-corrected chi connectivity index (χ4v) is 2.46. The second-order valence-electron chi connectivity index (χ2n) is 5.70. The number of carbonyl (C=O) groups is 1. The number of nitrogens with zero attached hydrogens (tertiary/aromatic N) is 3. The normalized spacial score (nSPS) is 11.4. The molecule has 3 N–H and O–H groups in total. The van der Waals surface area contributed by atoms with Crippen molar-refractivity contribution in [2.24, 2.45) is 12.1 Å². The van der Waals surface area contributed by atoms with Crippen molar-refractivity contribution in [3.8, 4) is 22.9 Å². The Hall–Kier alpha value is -3.55. The molecule has 0 saturated carbocycles. The molecule has 134 valence electrons. The lowest BCUT2D eigenvalue weighted by Gasteiger charge is -2.06. The third-order valence-electron chi connectivity index (χ3n) is 3.95. The first-order valence-corrected chi connectivity index (χ1v) is 7.88. The van der Waals surface area contributed by atoms with E-state index in [9.17, 15) is 9.90 Å². The zero-order valence-corrected chi connectivity index (χ0v) is 14.6. The number of rotatable bonds is 5. The summed E-state index contributed by atoms with van der Waals surface area (Å²) in [7, 11) is 3.37. The number of hydrogen-bond donors (Lipinski definition) is 3. The third kappa shape index (κ3) is 3.44. The topological polar surface area (TPSA) is 105 Å². The highest BCUT2D eigenvalue weighted by atomic mass is 16.5. The fraction of sp³-hybridized carbons (Fsp3) is 0.167. The molecule has 1 amide bonds. The number of benzene rings is 1. The average Bonchev–Trinajstić information content (AvgIpc) is 3.28. The molecule has 0 aliphatic heterocycles. The molecular formula is C18H19N5O3. The molecule has 0 unspecified atom stereocenters. The highest BCUT2D eigenvalue weighted by Crippen LogP contribution is 2.26. The Morgan fingerprint density at radius 1 is 1.35 bits per heavy atom. The second-order valence-corrected chi connectivity index (χ2v) is 5.70. The zero-order valence-electron chi connectivity index (χ0n) is 14.6. The number of aromatic nitrogens is 3. The van der Waals surface area contributed by atoms with Crippen LogP contribution >= 0.6 is 0 Å². The molecule has 8 nitrogen and oxygen atoms in total. The van der Waals surface area contributed by atoms with Crippen LogP contribution in [0.3, 0.4) is 0 Å². The summed E-state index contributed by atoms with van der Waals surface area (Å²) in [6, 6.07) is 10.3. The van der Waals surface area contributed by atoms with Gasteiger partial charge in [0.2, 0.25) is 0 Å². The first-order chi connectivity index (χ1) is 12.5. The van der Waals surface area contributed by atoms with Crippen LogP contribution < -0.4 is 10.2 Å². The molecule has 8 heteroatoms. The molecule has 3 rings (SSSR count). The van der Waals surface area contributed by atoms with Crippen molar-refractivity contribution in [2.45, 2.75) is 6.92 Å². The molecule has 0 aliphatic rings. The predicted molar refractivity (Wildman–Crippen MR) is 97.3 cm³/mol. The van der Waals surface area contributed by atoms with Gasteiger partial charge in [0.25, 0.3) is 5.91 Å². The molecule has 2 heterocycles. The van der Waals surface area contributed by atoms with Crippen LogP contribution in [0.4, 0.5) is 0 Å². The fourth-order valence-electron chi connectivity index (χ4n) is 2.46. The summed E-state index contributed by atoms with van der Waals surface area (Å²) in [5.41, 5.74) is 5.65. The minimum Gasteiger partial charge on any atom is -0.504 e. The predicted octanol–water partition coefficient (Wildman–Crippen LogP) is 2.28. The molecule has 2 aromatic heterocycles. The monoisotopic (exact) mass is 353 g/mol. The van der Waals surface area contributed by atoms with Crippen molar-refractivity contribution >= 4 is 11.6 Å². The van der Waals surface area contributed by atoms with E-state index in [0.29, 0.717) is 28.4 Å². The van der Waals surface area contributed by atoms with E-state index in [2.05, 4.69) is 20.7 Å². The molecule has 0 aliphatic carbocycles. The number of amides is 1. The van der Waals surface area contributed by atoms with Gasteiger partial charge in [-0.25, -0.2) is 5.43 Å². The maximum Gasteiger partial charge on any atom is 0.289 e. The maximum atomic E-state index is 12.3. The molecular weight excluding hydrogens is 334 g/mol. The van der Waals surface area contributed by atoms with Crippen LogP contribution in [0.15, 0.2) is 47.7 Å². The number of phenolic OH excluding ortho intramolecular Hbond substituents is 1. The highest BCUT2D eigenvalue weighted by molar-refractivity contribution is 6.01. The van der Waals surface area contributed by atoms with E-state index >= 15 is 0 Å². The van der Waals surface area contributed by atoms with Gasteiger partial charge >= 0.3 is 0 Å². The quantitative estimate of drug-likeness (QED) is 0.483. The van der Waals surface area contributed by atoms with E-state index in [4.69, 9.17) is 4.74 Å². The van der Waals surface area contributed by atoms with E-state index in [1.807, 2.05) is 29.9 Å². The van der Waals surface area contributed by atoms with Crippen molar-refractivity contribution < 1.29 is 14.6 Å². The standard InChI is InChI=1S/C18H19N5O3/c1-11(12-6-7-16(24)17(9-12)26-3)19-22-18(25)14-10-13(20-21-14)15-5-4-8-23(15)2/h4-10,24H,1-3H3,(H,20,21)(H,22,25)/b19-11-. The van der Waals surface area contributed by atoms with Crippen LogP contribution in [-0.4, -0.2) is 38.6 Å². The van der Waals surface area contributed by atoms with Crippen LogP contribution in [0.5, 0.6) is 11.5 Å². The van der Waals surface area contributed by atoms with Gasteiger partial charge in [-0.15, -0.1) is 0 Å². The van der Waals surface area contributed by atoms with Gasteiger partial charge in [0.15, 0.2) is 11.5 Å². The van der Waals surface area contributed by atoms with Crippen molar-refractivity contribution in [3.63, 3.8) is 0 Å². The molecule has 26 heavy (non-hydrogen) atoms. The number of aromatic amines is 1. The Balaban J connectivity index is 1.73. The van der Waals surface area contributed by atoms with Gasteiger partial charge in [0.05, 0.1) is 18.5 Å². The first kappa shape index (κ1) is 17.3. The Morgan fingerprint density at radius 2 is 2.15 bits per heavy atom. The summed E-state index contributed by atoms with van der Waals surface area (Å²) >= 11 is 0. The van der Waals surface area contributed by atoms with E-state index in [-0.39, 0.29) is 5.75 Å². The van der Waals surface area contributed by atoms with Gasteiger partial charge in [-0.3, -0.25) is 9.89 Å². The molecule has 0 bridgehead atoms. The molecule has 0 saturated heterocycles. The van der Waals surface area contributed by atoms with Crippen molar-refractivity contribution in [3.05, 3.63) is 53.9 Å². The number of nitrogens with one attached hydrogen (secondary N) is 2. The molecule has 0 atom stereocenters. The lowest BCUT2D eigenvalue weighted by molar-refractivity contribution is 0.0950. The minimum atomic E-state index is -0.400. The van der Waals surface area contributed by atoms with Gasteiger partial charge in [0.1, 0.15) is 11.4 Å². The third-order valence-corrected chi connectivity index (χ3v) is 3.95. The lowest BCUT2D eigenvalue weighted by Crippen LogP contribution is -2.19. The number of aryl methyl sites for hydroxylation is 1. The Kier molecular flexibility index (Phi) is 4.74. The summed E-state index contributed by atoms with van der Waals surface area (Å²) in [5, 5.41) is 20.6. The number of carbonyl (C=O) groups excluding carboxylic acids is 1. The van der Waals surface area contributed by atoms with E-state index in [1.54, 1.807) is 25.1 Å². The number of ether oxygens (including phenoxy) is 1. The van der Waals surface area contributed by atoms with Gasteiger partial charge in [-0.2, -0.15) is 10.2 Å². The molecule has 0 radical (unpaired) electrons. The summed E-state index contributed by atoms with van der Waals surface area (Å²) in [5.74, 6) is -0.0223. The van der Waals surface area contributed by atoms with Gasteiger partial charge in [-0.05, 0) is 43.3 Å². The van der Waals surface area contributed by atoms with Crippen LogP contribution in [0.25, 0.3) is 11.4 Å². The second kappa shape index (κ2) is 7.14. The van der Waals surface area contributed by atoms with Crippen molar-refractivity contribution in [2.75, 3.05) is 7.11 Å². The SMILES string of the molecule is COc1cc(/C(C)=N\NC(=O)c2cc(-c3cccn3C)n[nH]2)ccc1O. The molecule has 3 aromatic rings. The van der Waals surface area contributed by atoms with Gasteiger partial charge < -0.3 is 14.4 Å². The minimum absolute atomic E-state index is 0.0405.